The maximum atomic E-state index is 12.2. The van der Waals surface area contributed by atoms with Crippen LogP contribution in [0.4, 0.5) is 0 Å². The Kier molecular flexibility index (Phi) is 19.5. The minimum Gasteiger partial charge on any atom is -0.451 e. The summed E-state index contributed by atoms with van der Waals surface area (Å²) in [5.74, 6) is -1.27. The zero-order valence-electron chi connectivity index (χ0n) is 19.9. The normalized spacial score (nSPS) is 15.0. The topological polar surface area (TPSA) is 124 Å². The SMILES string of the molecule is C=CCC(=O)[C@H](OC(=O)CCCCCCCCCCCCCCC)[C@@H](O)[C@H](O)[C@H](O)CO. The molecule has 7 heteroatoms. The number of rotatable bonds is 22. The largest absolute Gasteiger partial charge is 0.451 e. The molecule has 4 N–H and O–H groups in total. The van der Waals surface area contributed by atoms with Crippen LogP contribution < -0.4 is 0 Å². The average molecular weight is 459 g/mol. The lowest BCUT2D eigenvalue weighted by atomic mass is 9.98. The number of hydrogen-bond acceptors (Lipinski definition) is 7. The van der Waals surface area contributed by atoms with Crippen LogP contribution in [0, 0.1) is 0 Å². The number of carbonyl (C=O) groups is 2. The van der Waals surface area contributed by atoms with E-state index in [0.29, 0.717) is 6.42 Å². The van der Waals surface area contributed by atoms with Gasteiger partial charge in [0.1, 0.15) is 18.3 Å². The molecule has 188 valence electrons. The van der Waals surface area contributed by atoms with Crippen molar-refractivity contribution in [3.8, 4) is 0 Å². The van der Waals surface area contributed by atoms with Crippen molar-refractivity contribution in [2.45, 2.75) is 128 Å². The van der Waals surface area contributed by atoms with Gasteiger partial charge in [0.15, 0.2) is 11.9 Å². The molecule has 0 saturated carbocycles. The number of Topliss-reactive ketones (excluding diaryl/α,β-unsaturated/α-hetero) is 1. The van der Waals surface area contributed by atoms with Crippen molar-refractivity contribution in [2.24, 2.45) is 0 Å². The van der Waals surface area contributed by atoms with Gasteiger partial charge in [-0.15, -0.1) is 6.58 Å². The van der Waals surface area contributed by atoms with E-state index in [4.69, 9.17) is 9.84 Å². The Labute approximate surface area is 193 Å². The Balaban J connectivity index is 4.06. The molecule has 0 fully saturated rings. The van der Waals surface area contributed by atoms with Crippen LogP contribution in [0.1, 0.15) is 103 Å². The number of aliphatic hydroxyl groups excluding tert-OH is 4. The third-order valence-corrected chi connectivity index (χ3v) is 5.65. The molecule has 0 aliphatic carbocycles. The van der Waals surface area contributed by atoms with Crippen LogP contribution in [0.15, 0.2) is 12.7 Å². The van der Waals surface area contributed by atoms with Crippen LogP contribution >= 0.6 is 0 Å². The fourth-order valence-corrected chi connectivity index (χ4v) is 3.59. The summed E-state index contributed by atoms with van der Waals surface area (Å²) in [5.41, 5.74) is 0. The second-order valence-corrected chi connectivity index (χ2v) is 8.59. The van der Waals surface area contributed by atoms with Gasteiger partial charge in [-0.3, -0.25) is 9.59 Å². The van der Waals surface area contributed by atoms with E-state index in [0.717, 1.165) is 19.3 Å². The number of ether oxygens (including phenoxy) is 1. The number of allylic oxidation sites excluding steroid dienone is 1. The second-order valence-electron chi connectivity index (χ2n) is 8.59. The highest BCUT2D eigenvalue weighted by Gasteiger charge is 2.37. The predicted octanol–water partition coefficient (Wildman–Crippen LogP) is 3.60. The van der Waals surface area contributed by atoms with Gasteiger partial charge in [-0.2, -0.15) is 0 Å². The highest BCUT2D eigenvalue weighted by molar-refractivity contribution is 5.87. The van der Waals surface area contributed by atoms with E-state index in [1.807, 2.05) is 0 Å². The van der Waals surface area contributed by atoms with Gasteiger partial charge in [-0.1, -0.05) is 90.0 Å². The van der Waals surface area contributed by atoms with Crippen molar-refractivity contribution in [2.75, 3.05) is 6.61 Å². The maximum Gasteiger partial charge on any atom is 0.306 e. The number of aliphatic hydroxyl groups is 4. The van der Waals surface area contributed by atoms with Gasteiger partial charge in [-0.25, -0.2) is 0 Å². The van der Waals surface area contributed by atoms with Crippen LogP contribution in [0.3, 0.4) is 0 Å². The van der Waals surface area contributed by atoms with Crippen LogP contribution in [-0.2, 0) is 14.3 Å². The monoisotopic (exact) mass is 458 g/mol. The van der Waals surface area contributed by atoms with Gasteiger partial charge in [-0.05, 0) is 6.42 Å². The molecule has 0 aromatic rings. The maximum absolute atomic E-state index is 12.2. The van der Waals surface area contributed by atoms with Gasteiger partial charge in [0, 0.05) is 12.8 Å². The fraction of sp³-hybridized carbons (Fsp3) is 0.840. The zero-order chi connectivity index (χ0) is 24.2. The van der Waals surface area contributed by atoms with Gasteiger partial charge in [0.25, 0.3) is 0 Å². The Hall–Kier alpha value is -1.28. The van der Waals surface area contributed by atoms with Gasteiger partial charge >= 0.3 is 5.97 Å². The lowest BCUT2D eigenvalue weighted by Crippen LogP contribution is -2.50. The first-order chi connectivity index (χ1) is 15.4. The van der Waals surface area contributed by atoms with E-state index >= 15 is 0 Å². The molecule has 0 bridgehead atoms. The number of carbonyl (C=O) groups excluding carboxylic acids is 2. The summed E-state index contributed by atoms with van der Waals surface area (Å²) < 4.78 is 5.11. The molecular formula is C25H46O7. The predicted molar refractivity (Wildman–Crippen MR) is 125 cm³/mol. The minimum absolute atomic E-state index is 0.112. The first kappa shape index (κ1) is 30.7. The fourth-order valence-electron chi connectivity index (χ4n) is 3.59. The van der Waals surface area contributed by atoms with Crippen molar-refractivity contribution < 1.29 is 34.8 Å². The first-order valence-corrected chi connectivity index (χ1v) is 12.4. The van der Waals surface area contributed by atoms with Crippen LogP contribution in [0.25, 0.3) is 0 Å². The van der Waals surface area contributed by atoms with E-state index in [-0.39, 0.29) is 12.8 Å². The summed E-state index contributed by atoms with van der Waals surface area (Å²) in [7, 11) is 0. The number of ketones is 1. The highest BCUT2D eigenvalue weighted by atomic mass is 16.6. The van der Waals surface area contributed by atoms with Crippen molar-refractivity contribution >= 4 is 11.8 Å². The van der Waals surface area contributed by atoms with E-state index in [1.54, 1.807) is 0 Å². The average Bonchev–Trinajstić information content (AvgIpc) is 2.79. The Morgan fingerprint density at radius 3 is 1.72 bits per heavy atom. The van der Waals surface area contributed by atoms with Crippen LogP contribution in [0.5, 0.6) is 0 Å². The van der Waals surface area contributed by atoms with Crippen molar-refractivity contribution in [1.82, 2.24) is 0 Å². The summed E-state index contributed by atoms with van der Waals surface area (Å²) in [4.78, 5) is 24.3. The van der Waals surface area contributed by atoms with Gasteiger partial charge in [0.05, 0.1) is 6.61 Å². The number of hydrogen-bond donors (Lipinski definition) is 4. The Morgan fingerprint density at radius 2 is 1.28 bits per heavy atom. The third kappa shape index (κ3) is 14.7. The molecule has 0 spiro atoms. The summed E-state index contributed by atoms with van der Waals surface area (Å²) in [6, 6.07) is 0. The summed E-state index contributed by atoms with van der Waals surface area (Å²) in [6.45, 7) is 4.87. The van der Waals surface area contributed by atoms with Gasteiger partial charge < -0.3 is 25.2 Å². The summed E-state index contributed by atoms with van der Waals surface area (Å²) in [5, 5.41) is 38.4. The molecule has 0 aliphatic heterocycles. The van der Waals surface area contributed by atoms with Crippen LogP contribution in [0.2, 0.25) is 0 Å². The lowest BCUT2D eigenvalue weighted by Gasteiger charge is -2.27. The molecule has 0 heterocycles. The molecule has 32 heavy (non-hydrogen) atoms. The molecule has 7 nitrogen and oxygen atoms in total. The molecule has 0 saturated heterocycles. The molecule has 0 amide bonds. The smallest absolute Gasteiger partial charge is 0.306 e. The van der Waals surface area contributed by atoms with Crippen molar-refractivity contribution in [3.05, 3.63) is 12.7 Å². The quantitative estimate of drug-likeness (QED) is 0.111. The zero-order valence-corrected chi connectivity index (χ0v) is 19.9. The Morgan fingerprint density at radius 1 is 0.812 bits per heavy atom. The summed E-state index contributed by atoms with van der Waals surface area (Å²) >= 11 is 0. The first-order valence-electron chi connectivity index (χ1n) is 12.4. The van der Waals surface area contributed by atoms with E-state index in [1.165, 1.54) is 63.9 Å². The molecule has 0 unspecified atom stereocenters. The van der Waals surface area contributed by atoms with Crippen molar-refractivity contribution in [1.29, 1.82) is 0 Å². The van der Waals surface area contributed by atoms with Crippen molar-refractivity contribution in [3.63, 3.8) is 0 Å². The molecule has 0 aliphatic rings. The number of esters is 1. The molecule has 0 rings (SSSR count). The highest BCUT2D eigenvalue weighted by Crippen LogP contribution is 2.15. The third-order valence-electron chi connectivity index (χ3n) is 5.65. The molecular weight excluding hydrogens is 412 g/mol. The van der Waals surface area contributed by atoms with E-state index < -0.39 is 42.8 Å². The van der Waals surface area contributed by atoms with Crippen LogP contribution in [-0.4, -0.2) is 63.2 Å². The van der Waals surface area contributed by atoms with E-state index in [2.05, 4.69) is 13.5 Å². The summed E-state index contributed by atoms with van der Waals surface area (Å²) in [6.07, 6.45) is 9.74. The molecule has 4 atom stereocenters. The molecule has 0 radical (unpaired) electrons. The second kappa shape index (κ2) is 20.3. The minimum atomic E-state index is -1.83. The Bertz CT molecular complexity index is 495. The lowest BCUT2D eigenvalue weighted by molar-refractivity contribution is -0.172. The number of unbranched alkanes of at least 4 members (excludes halogenated alkanes) is 12. The van der Waals surface area contributed by atoms with Gasteiger partial charge in [0.2, 0.25) is 0 Å². The molecule has 0 aromatic heterocycles. The molecule has 0 aromatic carbocycles. The standard InChI is InChI=1S/C25H46O7/c1-3-5-6-7-8-9-10-11-12-13-14-15-16-18-22(29)32-25(20(27)17-4-2)24(31)23(30)21(28)19-26/h4,21,23-26,28,30-31H,2-3,5-19H2,1H3/t21-,23-,24+,25+/m1/s1. The van der Waals surface area contributed by atoms with E-state index in [9.17, 15) is 24.9 Å².